The van der Waals surface area contributed by atoms with Crippen molar-refractivity contribution in [1.29, 1.82) is 0 Å². The Morgan fingerprint density at radius 2 is 2.00 bits per heavy atom. The molecule has 5 nitrogen and oxygen atoms in total. The van der Waals surface area contributed by atoms with Gasteiger partial charge in [-0.15, -0.1) is 0 Å². The molecule has 2 aromatic heterocycles. The first-order chi connectivity index (χ1) is 8.18. The van der Waals surface area contributed by atoms with Gasteiger partial charge in [-0.25, -0.2) is 9.97 Å². The summed E-state index contributed by atoms with van der Waals surface area (Å²) in [5.41, 5.74) is 5.45. The van der Waals surface area contributed by atoms with Crippen molar-refractivity contribution in [1.82, 2.24) is 14.5 Å². The molecule has 0 unspecified atom stereocenters. The summed E-state index contributed by atoms with van der Waals surface area (Å²) >= 11 is 0. The van der Waals surface area contributed by atoms with Crippen LogP contribution in [-0.2, 0) is 0 Å². The molecule has 2 aromatic rings. The summed E-state index contributed by atoms with van der Waals surface area (Å²) in [5, 5.41) is 0. The molecule has 17 heavy (non-hydrogen) atoms. The third kappa shape index (κ3) is 2.90. The normalized spacial score (nSPS) is 9.35. The molecular formula is C12H16N4O. The monoisotopic (exact) mass is 232 g/mol. The van der Waals surface area contributed by atoms with Crippen LogP contribution in [0.15, 0.2) is 35.4 Å². The Morgan fingerprint density at radius 3 is 2.65 bits per heavy atom. The highest BCUT2D eigenvalue weighted by atomic mass is 16.1. The Bertz CT molecular complexity index is 548. The average Bonchev–Trinajstić information content (AvgIpc) is 2.35. The number of anilines is 1. The second-order valence-electron chi connectivity index (χ2n) is 3.10. The summed E-state index contributed by atoms with van der Waals surface area (Å²) < 4.78 is 1.39. The third-order valence-corrected chi connectivity index (χ3v) is 1.98. The van der Waals surface area contributed by atoms with Gasteiger partial charge in [0.15, 0.2) is 0 Å². The van der Waals surface area contributed by atoms with Gasteiger partial charge in [0.2, 0.25) is 0 Å². The van der Waals surface area contributed by atoms with Crippen LogP contribution in [0, 0.1) is 6.92 Å². The Hall–Kier alpha value is -2.17. The van der Waals surface area contributed by atoms with E-state index in [0.29, 0.717) is 11.6 Å². The van der Waals surface area contributed by atoms with Crippen molar-refractivity contribution in [2.24, 2.45) is 0 Å². The van der Waals surface area contributed by atoms with Crippen LogP contribution in [-0.4, -0.2) is 14.5 Å². The van der Waals surface area contributed by atoms with Crippen molar-refractivity contribution in [3.05, 3.63) is 46.8 Å². The number of rotatable bonds is 1. The minimum Gasteiger partial charge on any atom is -0.394 e. The van der Waals surface area contributed by atoms with Crippen molar-refractivity contribution in [2.45, 2.75) is 20.8 Å². The van der Waals surface area contributed by atoms with E-state index < -0.39 is 0 Å². The standard InChI is InChI=1S/C10H10N4O.C2H6/c1-7-12-5-4-9(13-7)14-6-2-3-8(11)10(14)15;1-2/h2-6H,11H2,1H3;1-2H3. The number of aromatic nitrogens is 3. The number of nitrogen functional groups attached to an aromatic ring is 1. The van der Waals surface area contributed by atoms with Gasteiger partial charge >= 0.3 is 0 Å². The summed E-state index contributed by atoms with van der Waals surface area (Å²) in [7, 11) is 0. The van der Waals surface area contributed by atoms with E-state index >= 15 is 0 Å². The number of hydrogen-bond acceptors (Lipinski definition) is 4. The maximum Gasteiger partial charge on any atom is 0.279 e. The van der Waals surface area contributed by atoms with E-state index in [1.54, 1.807) is 37.5 Å². The zero-order valence-corrected chi connectivity index (χ0v) is 10.2. The minimum atomic E-state index is -0.268. The Morgan fingerprint density at radius 1 is 1.29 bits per heavy atom. The van der Waals surface area contributed by atoms with E-state index in [1.165, 1.54) is 4.57 Å². The lowest BCUT2D eigenvalue weighted by Crippen LogP contribution is -2.21. The fraction of sp³-hybridized carbons (Fsp3) is 0.250. The second-order valence-corrected chi connectivity index (χ2v) is 3.10. The molecule has 0 saturated heterocycles. The van der Waals surface area contributed by atoms with Gasteiger partial charge in [-0.3, -0.25) is 9.36 Å². The van der Waals surface area contributed by atoms with E-state index in [9.17, 15) is 4.79 Å². The van der Waals surface area contributed by atoms with Crippen LogP contribution in [0.3, 0.4) is 0 Å². The van der Waals surface area contributed by atoms with Gasteiger partial charge < -0.3 is 5.73 Å². The Labute approximate surface area is 100.0 Å². The molecule has 0 aliphatic rings. The first-order valence-corrected chi connectivity index (χ1v) is 5.45. The zero-order valence-electron chi connectivity index (χ0n) is 10.2. The molecule has 2 N–H and O–H groups in total. The fourth-order valence-electron chi connectivity index (χ4n) is 1.27. The van der Waals surface area contributed by atoms with E-state index in [1.807, 2.05) is 13.8 Å². The zero-order chi connectivity index (χ0) is 12.8. The predicted octanol–water partition coefficient (Wildman–Crippen LogP) is 1.54. The quantitative estimate of drug-likeness (QED) is 0.809. The molecule has 0 saturated carbocycles. The Kier molecular flexibility index (Phi) is 4.39. The molecule has 0 aromatic carbocycles. The molecular weight excluding hydrogens is 216 g/mol. The molecule has 0 radical (unpaired) electrons. The third-order valence-electron chi connectivity index (χ3n) is 1.98. The highest BCUT2D eigenvalue weighted by molar-refractivity contribution is 5.37. The average molecular weight is 232 g/mol. The highest BCUT2D eigenvalue weighted by Crippen LogP contribution is 2.01. The number of nitrogens with zero attached hydrogens (tertiary/aromatic N) is 3. The molecule has 0 amide bonds. The maximum atomic E-state index is 11.7. The first-order valence-electron chi connectivity index (χ1n) is 5.45. The number of pyridine rings is 1. The van der Waals surface area contributed by atoms with Crippen LogP contribution in [0.25, 0.3) is 5.82 Å². The summed E-state index contributed by atoms with van der Waals surface area (Å²) in [6.07, 6.45) is 3.23. The molecule has 90 valence electrons. The van der Waals surface area contributed by atoms with Gasteiger partial charge in [-0.05, 0) is 25.1 Å². The summed E-state index contributed by atoms with van der Waals surface area (Å²) in [6.45, 7) is 5.76. The SMILES string of the molecule is CC.Cc1nccc(-n2cccc(N)c2=O)n1. The molecule has 5 heteroatoms. The van der Waals surface area contributed by atoms with Gasteiger partial charge in [0, 0.05) is 12.4 Å². The molecule has 0 fully saturated rings. The fourth-order valence-corrected chi connectivity index (χ4v) is 1.27. The second kappa shape index (κ2) is 5.79. The predicted molar refractivity (Wildman–Crippen MR) is 68.1 cm³/mol. The largest absolute Gasteiger partial charge is 0.394 e. The molecule has 0 aliphatic heterocycles. The molecule has 0 bridgehead atoms. The smallest absolute Gasteiger partial charge is 0.279 e. The van der Waals surface area contributed by atoms with Crippen molar-refractivity contribution in [2.75, 3.05) is 5.73 Å². The highest BCUT2D eigenvalue weighted by Gasteiger charge is 2.02. The minimum absolute atomic E-state index is 0.203. The van der Waals surface area contributed by atoms with E-state index in [4.69, 9.17) is 5.73 Å². The summed E-state index contributed by atoms with van der Waals surface area (Å²) in [4.78, 5) is 19.8. The summed E-state index contributed by atoms with van der Waals surface area (Å²) in [5.74, 6) is 1.14. The van der Waals surface area contributed by atoms with Crippen molar-refractivity contribution in [3.8, 4) is 5.82 Å². The molecule has 0 atom stereocenters. The van der Waals surface area contributed by atoms with E-state index in [-0.39, 0.29) is 11.2 Å². The first kappa shape index (κ1) is 12.9. The van der Waals surface area contributed by atoms with Crippen molar-refractivity contribution in [3.63, 3.8) is 0 Å². The van der Waals surface area contributed by atoms with Crippen LogP contribution >= 0.6 is 0 Å². The maximum absolute atomic E-state index is 11.7. The Balaban J connectivity index is 0.000000686. The van der Waals surface area contributed by atoms with Crippen LogP contribution in [0.1, 0.15) is 19.7 Å². The van der Waals surface area contributed by atoms with Crippen LogP contribution < -0.4 is 11.3 Å². The van der Waals surface area contributed by atoms with E-state index in [0.717, 1.165) is 0 Å². The van der Waals surface area contributed by atoms with Crippen LogP contribution in [0.2, 0.25) is 0 Å². The lowest BCUT2D eigenvalue weighted by molar-refractivity contribution is 0.905. The van der Waals surface area contributed by atoms with Gasteiger partial charge in [0.25, 0.3) is 5.56 Å². The number of nitrogens with two attached hydrogens (primary N) is 1. The van der Waals surface area contributed by atoms with Crippen LogP contribution in [0.4, 0.5) is 5.69 Å². The van der Waals surface area contributed by atoms with Gasteiger partial charge in [-0.2, -0.15) is 0 Å². The molecule has 0 spiro atoms. The molecule has 0 aliphatic carbocycles. The van der Waals surface area contributed by atoms with Gasteiger partial charge in [-0.1, -0.05) is 13.8 Å². The van der Waals surface area contributed by atoms with Crippen molar-refractivity contribution < 1.29 is 0 Å². The lowest BCUT2D eigenvalue weighted by atomic mass is 10.4. The van der Waals surface area contributed by atoms with Gasteiger partial charge in [0.1, 0.15) is 11.6 Å². The van der Waals surface area contributed by atoms with Crippen LogP contribution in [0.5, 0.6) is 0 Å². The topological polar surface area (TPSA) is 73.8 Å². The van der Waals surface area contributed by atoms with E-state index in [2.05, 4.69) is 9.97 Å². The van der Waals surface area contributed by atoms with Gasteiger partial charge in [0.05, 0.1) is 5.69 Å². The lowest BCUT2D eigenvalue weighted by Gasteiger charge is -2.04. The number of aryl methyl sites for hydroxylation is 1. The summed E-state index contributed by atoms with van der Waals surface area (Å²) in [6, 6.07) is 4.93. The molecule has 2 rings (SSSR count). The van der Waals surface area contributed by atoms with Crippen molar-refractivity contribution >= 4 is 5.69 Å². The number of hydrogen-bond donors (Lipinski definition) is 1. The molecule has 2 heterocycles.